The monoisotopic (exact) mass is 276 g/mol. The van der Waals surface area contributed by atoms with Crippen molar-refractivity contribution in [3.8, 4) is 0 Å². The van der Waals surface area contributed by atoms with Gasteiger partial charge in [-0.05, 0) is 12.8 Å². The van der Waals surface area contributed by atoms with Crippen LogP contribution in [0.25, 0.3) is 0 Å². The van der Waals surface area contributed by atoms with E-state index in [-0.39, 0.29) is 17.4 Å². The first kappa shape index (κ1) is 14.5. The smallest absolute Gasteiger partial charge is 0.269 e. The zero-order valence-electron chi connectivity index (χ0n) is 10.2. The number of halogens is 2. The van der Waals surface area contributed by atoms with Crippen molar-refractivity contribution >= 4 is 23.2 Å². The zero-order valence-corrected chi connectivity index (χ0v) is 11.7. The minimum atomic E-state index is -0.121. The molecule has 1 aromatic rings. The number of alkyl halides is 2. The lowest BCUT2D eigenvalue weighted by atomic mass is 10.0. The lowest BCUT2D eigenvalue weighted by Gasteiger charge is -2.13. The second kappa shape index (κ2) is 7.02. The van der Waals surface area contributed by atoms with Gasteiger partial charge in [0.15, 0.2) is 0 Å². The predicted molar refractivity (Wildman–Crippen MR) is 72.4 cm³/mol. The molecule has 0 aliphatic rings. The van der Waals surface area contributed by atoms with Crippen LogP contribution in [0.1, 0.15) is 49.9 Å². The van der Waals surface area contributed by atoms with E-state index in [4.69, 9.17) is 23.2 Å². The minimum absolute atomic E-state index is 0.0828. The van der Waals surface area contributed by atoms with E-state index in [2.05, 4.69) is 16.9 Å². The number of rotatable bonds is 6. The van der Waals surface area contributed by atoms with E-state index in [0.717, 1.165) is 18.5 Å². The van der Waals surface area contributed by atoms with E-state index in [9.17, 15) is 4.79 Å². The fourth-order valence-corrected chi connectivity index (χ4v) is 2.29. The summed E-state index contributed by atoms with van der Waals surface area (Å²) in [6.07, 6.45) is 3.28. The number of nitrogens with one attached hydrogen (secondary N) is 1. The molecular weight excluding hydrogens is 259 g/mol. The average molecular weight is 277 g/mol. The number of H-pyrrole nitrogens is 1. The van der Waals surface area contributed by atoms with E-state index in [0.29, 0.717) is 17.5 Å². The summed E-state index contributed by atoms with van der Waals surface area (Å²) in [6.45, 7) is 4.02. The molecule has 2 unspecified atom stereocenters. The van der Waals surface area contributed by atoms with E-state index in [1.54, 1.807) is 6.20 Å². The van der Waals surface area contributed by atoms with E-state index < -0.39 is 0 Å². The topological polar surface area (TPSA) is 45.8 Å². The van der Waals surface area contributed by atoms with Crippen LogP contribution in [0, 0.1) is 0 Å². The van der Waals surface area contributed by atoms with Crippen LogP contribution in [0.4, 0.5) is 0 Å². The molecule has 0 aliphatic carbocycles. The molecule has 96 valence electrons. The molecule has 1 aromatic heterocycles. The SMILES string of the molecule is CC(CCCl)c1c[nH]c(=O)c(C(C)CCCl)n1. The fourth-order valence-electron chi connectivity index (χ4n) is 1.63. The van der Waals surface area contributed by atoms with Crippen LogP contribution < -0.4 is 5.56 Å². The first-order valence-electron chi connectivity index (χ1n) is 5.81. The first-order chi connectivity index (χ1) is 8.10. The van der Waals surface area contributed by atoms with Crippen molar-refractivity contribution in [3.05, 3.63) is 27.9 Å². The molecule has 3 nitrogen and oxygen atoms in total. The third kappa shape index (κ3) is 4.00. The average Bonchev–Trinajstić information content (AvgIpc) is 2.30. The quantitative estimate of drug-likeness (QED) is 0.811. The van der Waals surface area contributed by atoms with Crippen LogP contribution in [0.2, 0.25) is 0 Å². The molecule has 0 bridgehead atoms. The Hall–Kier alpha value is -0.540. The van der Waals surface area contributed by atoms with Crippen LogP contribution in [0.5, 0.6) is 0 Å². The summed E-state index contributed by atoms with van der Waals surface area (Å²) in [6, 6.07) is 0. The molecule has 1 heterocycles. The van der Waals surface area contributed by atoms with Gasteiger partial charge in [-0.2, -0.15) is 0 Å². The zero-order chi connectivity index (χ0) is 12.8. The molecule has 0 spiro atoms. The van der Waals surface area contributed by atoms with Crippen molar-refractivity contribution in [2.75, 3.05) is 11.8 Å². The van der Waals surface area contributed by atoms with Crippen LogP contribution in [-0.2, 0) is 0 Å². The molecule has 0 fully saturated rings. The third-order valence-corrected chi connectivity index (χ3v) is 3.33. The molecule has 0 aromatic carbocycles. The van der Waals surface area contributed by atoms with Crippen molar-refractivity contribution in [3.63, 3.8) is 0 Å². The molecule has 0 saturated carbocycles. The number of nitrogens with zero attached hydrogens (tertiary/aromatic N) is 1. The van der Waals surface area contributed by atoms with Crippen molar-refractivity contribution in [2.45, 2.75) is 38.5 Å². The van der Waals surface area contributed by atoms with E-state index in [1.807, 2.05) is 6.92 Å². The minimum Gasteiger partial charge on any atom is -0.326 e. The molecule has 17 heavy (non-hydrogen) atoms. The van der Waals surface area contributed by atoms with Crippen LogP contribution in [-0.4, -0.2) is 21.7 Å². The third-order valence-electron chi connectivity index (χ3n) is 2.89. The highest BCUT2D eigenvalue weighted by Gasteiger charge is 2.14. The maximum Gasteiger partial charge on any atom is 0.269 e. The normalized spacial score (nSPS) is 14.6. The molecule has 0 radical (unpaired) electrons. The molecule has 5 heteroatoms. The molecule has 0 aliphatic heterocycles. The first-order valence-corrected chi connectivity index (χ1v) is 6.88. The largest absolute Gasteiger partial charge is 0.326 e. The summed E-state index contributed by atoms with van der Waals surface area (Å²) in [7, 11) is 0. The molecule has 0 amide bonds. The second-order valence-corrected chi connectivity index (χ2v) is 5.05. The Bertz CT molecular complexity index is 406. The Balaban J connectivity index is 2.97. The second-order valence-electron chi connectivity index (χ2n) is 4.30. The van der Waals surface area contributed by atoms with Crippen molar-refractivity contribution < 1.29 is 0 Å². The van der Waals surface area contributed by atoms with Gasteiger partial charge in [-0.25, -0.2) is 0 Å². The lowest BCUT2D eigenvalue weighted by Crippen LogP contribution is -2.19. The number of hydrogen-bond acceptors (Lipinski definition) is 2. The summed E-state index contributed by atoms with van der Waals surface area (Å²) in [5, 5.41) is 0. The van der Waals surface area contributed by atoms with Gasteiger partial charge < -0.3 is 4.98 Å². The Morgan fingerprint density at radius 1 is 1.24 bits per heavy atom. The molecule has 1 rings (SSSR count). The lowest BCUT2D eigenvalue weighted by molar-refractivity contribution is 0.655. The summed E-state index contributed by atoms with van der Waals surface area (Å²) >= 11 is 11.4. The summed E-state index contributed by atoms with van der Waals surface area (Å²) in [5.41, 5.74) is 1.34. The number of hydrogen-bond donors (Lipinski definition) is 1. The number of aromatic amines is 1. The fraction of sp³-hybridized carbons (Fsp3) is 0.667. The standard InChI is InChI=1S/C12H18Cl2N2O/c1-8(3-5-13)10-7-15-12(17)11(16-10)9(2)4-6-14/h7-9H,3-6H2,1-2H3,(H,15,17). The highest BCUT2D eigenvalue weighted by Crippen LogP contribution is 2.19. The van der Waals surface area contributed by atoms with Gasteiger partial charge in [-0.15, -0.1) is 23.2 Å². The number of aromatic nitrogens is 2. The summed E-state index contributed by atoms with van der Waals surface area (Å²) in [4.78, 5) is 18.9. The van der Waals surface area contributed by atoms with Crippen LogP contribution in [0.3, 0.4) is 0 Å². The van der Waals surface area contributed by atoms with Gasteiger partial charge in [0.2, 0.25) is 0 Å². The highest BCUT2D eigenvalue weighted by atomic mass is 35.5. The van der Waals surface area contributed by atoms with Gasteiger partial charge in [-0.3, -0.25) is 9.78 Å². The Labute approximate surface area is 112 Å². The molecular formula is C12H18Cl2N2O. The van der Waals surface area contributed by atoms with Crippen LogP contribution >= 0.6 is 23.2 Å². The van der Waals surface area contributed by atoms with Gasteiger partial charge in [0.05, 0.1) is 5.69 Å². The Morgan fingerprint density at radius 2 is 1.82 bits per heavy atom. The van der Waals surface area contributed by atoms with Gasteiger partial charge in [-0.1, -0.05) is 13.8 Å². The van der Waals surface area contributed by atoms with E-state index in [1.165, 1.54) is 0 Å². The molecule has 2 atom stereocenters. The highest BCUT2D eigenvalue weighted by molar-refractivity contribution is 6.18. The van der Waals surface area contributed by atoms with Crippen molar-refractivity contribution in [1.29, 1.82) is 0 Å². The van der Waals surface area contributed by atoms with Crippen molar-refractivity contribution in [1.82, 2.24) is 9.97 Å². The Morgan fingerprint density at radius 3 is 2.41 bits per heavy atom. The summed E-state index contributed by atoms with van der Waals surface area (Å²) < 4.78 is 0. The summed E-state index contributed by atoms with van der Waals surface area (Å²) in [5.74, 6) is 1.46. The maximum absolute atomic E-state index is 11.7. The van der Waals surface area contributed by atoms with Gasteiger partial charge in [0.1, 0.15) is 5.69 Å². The van der Waals surface area contributed by atoms with Crippen LogP contribution in [0.15, 0.2) is 11.0 Å². The van der Waals surface area contributed by atoms with Gasteiger partial charge >= 0.3 is 0 Å². The Kier molecular flexibility index (Phi) is 6.00. The predicted octanol–water partition coefficient (Wildman–Crippen LogP) is 3.23. The maximum atomic E-state index is 11.7. The van der Waals surface area contributed by atoms with Gasteiger partial charge in [0, 0.05) is 29.8 Å². The van der Waals surface area contributed by atoms with E-state index >= 15 is 0 Å². The van der Waals surface area contributed by atoms with Crippen molar-refractivity contribution in [2.24, 2.45) is 0 Å². The molecule has 1 N–H and O–H groups in total. The van der Waals surface area contributed by atoms with Gasteiger partial charge in [0.25, 0.3) is 5.56 Å². The molecule has 0 saturated heterocycles.